The van der Waals surface area contributed by atoms with Gasteiger partial charge in [-0.25, -0.2) is 19.2 Å². The Hall–Kier alpha value is -4.36. The summed E-state index contributed by atoms with van der Waals surface area (Å²) in [5, 5.41) is 13.8. The fourth-order valence-electron chi connectivity index (χ4n) is 3.45. The Kier molecular flexibility index (Phi) is 26.5. The number of halogens is 1. The Morgan fingerprint density at radius 1 is 0.640 bits per heavy atom. The van der Waals surface area contributed by atoms with Crippen molar-refractivity contribution < 1.29 is 38.6 Å². The van der Waals surface area contributed by atoms with E-state index in [1.807, 2.05) is 88.4 Å². The highest BCUT2D eigenvalue weighted by molar-refractivity contribution is 5.85. The molecule has 0 radical (unpaired) electrons. The monoisotopic (exact) mass is 725 g/mol. The number of rotatable bonds is 12. The summed E-state index contributed by atoms with van der Waals surface area (Å²) in [5.41, 5.74) is 7.54. The molecule has 0 bridgehead atoms. The number of hydrogen-bond acceptors (Lipinski definition) is 8. The molecule has 3 atom stereocenters. The molecule has 0 unspecified atom stereocenters. The van der Waals surface area contributed by atoms with E-state index in [4.69, 9.17) is 20.3 Å². The van der Waals surface area contributed by atoms with Gasteiger partial charge in [-0.05, 0) is 28.9 Å². The number of esters is 2. The molecule has 284 valence electrons. The lowest BCUT2D eigenvalue weighted by molar-refractivity contribution is -0.149. The number of benzene rings is 2. The third kappa shape index (κ3) is 20.9. The highest BCUT2D eigenvalue weighted by Crippen LogP contribution is 2.08. The first-order chi connectivity index (χ1) is 22.4. The summed E-state index contributed by atoms with van der Waals surface area (Å²) in [7, 11) is 6.38. The topological polar surface area (TPSA) is 181 Å². The van der Waals surface area contributed by atoms with Crippen LogP contribution in [0.3, 0.4) is 0 Å². The maximum atomic E-state index is 12.1. The van der Waals surface area contributed by atoms with Crippen molar-refractivity contribution in [3.8, 4) is 0 Å². The van der Waals surface area contributed by atoms with Crippen molar-refractivity contribution in [2.24, 2.45) is 23.5 Å². The molecule has 2 aromatic rings. The predicted octanol–water partition coefficient (Wildman–Crippen LogP) is 5.16. The summed E-state index contributed by atoms with van der Waals surface area (Å²) in [4.78, 5) is 59.6. The molecule has 0 heterocycles. The van der Waals surface area contributed by atoms with Crippen LogP contribution in [0.15, 0.2) is 60.7 Å². The number of amides is 4. The second-order valence-corrected chi connectivity index (χ2v) is 12.4. The van der Waals surface area contributed by atoms with Crippen LogP contribution in [0.5, 0.6) is 0 Å². The van der Waals surface area contributed by atoms with E-state index in [9.17, 15) is 24.0 Å². The van der Waals surface area contributed by atoms with E-state index in [1.54, 1.807) is 42.0 Å². The molecule has 0 aliphatic heterocycles. The maximum Gasteiger partial charge on any atom is 0.329 e. The predicted molar refractivity (Wildman–Crippen MR) is 199 cm³/mol. The molecule has 14 heteroatoms. The first kappa shape index (κ1) is 50.0. The van der Waals surface area contributed by atoms with Crippen LogP contribution < -0.4 is 16.4 Å². The molecule has 0 aliphatic rings. The fraction of sp³-hybridized carbons (Fsp3) is 0.528. The normalized spacial score (nSPS) is 11.7. The molecule has 50 heavy (non-hydrogen) atoms. The van der Waals surface area contributed by atoms with Crippen molar-refractivity contribution in [1.82, 2.24) is 20.4 Å². The van der Waals surface area contributed by atoms with Crippen molar-refractivity contribution in [2.75, 3.05) is 28.2 Å². The Labute approximate surface area is 304 Å². The lowest BCUT2D eigenvalue weighted by Gasteiger charge is -2.23. The number of carboxylic acid groups (broad SMARTS) is 1. The molecule has 2 rings (SSSR count). The Bertz CT molecular complexity index is 1260. The van der Waals surface area contributed by atoms with E-state index in [-0.39, 0.29) is 62.2 Å². The van der Waals surface area contributed by atoms with Crippen molar-refractivity contribution >= 4 is 42.4 Å². The van der Waals surface area contributed by atoms with Gasteiger partial charge in [0.2, 0.25) is 0 Å². The highest BCUT2D eigenvalue weighted by atomic mass is 35.5. The summed E-state index contributed by atoms with van der Waals surface area (Å²) >= 11 is 0. The fourth-order valence-corrected chi connectivity index (χ4v) is 3.45. The minimum atomic E-state index is -1.01. The van der Waals surface area contributed by atoms with Gasteiger partial charge in [0.25, 0.3) is 0 Å². The molecule has 0 aliphatic carbocycles. The average Bonchev–Trinajstić information content (AvgIpc) is 3.04. The van der Waals surface area contributed by atoms with Crippen LogP contribution in [0.1, 0.15) is 60.1 Å². The Balaban J connectivity index is -0.000000667. The van der Waals surface area contributed by atoms with Crippen molar-refractivity contribution in [1.29, 1.82) is 0 Å². The van der Waals surface area contributed by atoms with Crippen LogP contribution in [-0.2, 0) is 37.1 Å². The quantitative estimate of drug-likeness (QED) is 0.215. The van der Waals surface area contributed by atoms with Gasteiger partial charge >= 0.3 is 30.0 Å². The van der Waals surface area contributed by atoms with Crippen LogP contribution in [0.2, 0.25) is 0 Å². The smallest absolute Gasteiger partial charge is 0.329 e. The lowest BCUT2D eigenvalue weighted by atomic mass is 10.1. The van der Waals surface area contributed by atoms with Gasteiger partial charge in [-0.1, -0.05) is 110 Å². The number of urea groups is 2. The van der Waals surface area contributed by atoms with E-state index >= 15 is 0 Å². The van der Waals surface area contributed by atoms with Gasteiger partial charge in [0.15, 0.2) is 0 Å². The number of nitrogens with one attached hydrogen (secondary N) is 2. The van der Waals surface area contributed by atoms with Crippen LogP contribution in [0.4, 0.5) is 9.59 Å². The summed E-state index contributed by atoms with van der Waals surface area (Å²) in [6, 6.07) is 16.3. The SMILES string of the molecule is C.CC(C)[C@H](N)C(=O)OCc1ccccc1.CC(C)[C@H](NC(=O)N(C)C)C(=O)O.CC(C)[C@H](NC(=O)N(C)C)C(=O)OCc1ccccc1.Cl. The van der Waals surface area contributed by atoms with Crippen molar-refractivity contribution in [3.63, 3.8) is 0 Å². The maximum absolute atomic E-state index is 12.1. The van der Waals surface area contributed by atoms with Crippen LogP contribution in [0, 0.1) is 17.8 Å². The van der Waals surface area contributed by atoms with E-state index in [1.165, 1.54) is 9.80 Å². The molecule has 4 amide bonds. The second-order valence-electron chi connectivity index (χ2n) is 12.4. The molecule has 0 aromatic heterocycles. The Morgan fingerprint density at radius 2 is 0.980 bits per heavy atom. The molecule has 0 fully saturated rings. The first-order valence-corrected chi connectivity index (χ1v) is 15.7. The number of nitrogens with two attached hydrogens (primary N) is 1. The summed E-state index contributed by atoms with van der Waals surface area (Å²) in [5.74, 6) is -1.82. The number of aliphatic carboxylic acids is 1. The molecule has 0 saturated carbocycles. The minimum absolute atomic E-state index is 0. The number of carbonyl (C=O) groups is 5. The number of ether oxygens (including phenoxy) is 2. The zero-order valence-corrected chi connectivity index (χ0v) is 31.2. The molecular formula is C36H60ClN5O8. The third-order valence-electron chi connectivity index (χ3n) is 6.66. The number of carboxylic acids is 1. The third-order valence-corrected chi connectivity index (χ3v) is 6.66. The van der Waals surface area contributed by atoms with Crippen molar-refractivity contribution in [3.05, 3.63) is 71.8 Å². The van der Waals surface area contributed by atoms with E-state index in [2.05, 4.69) is 10.6 Å². The van der Waals surface area contributed by atoms with Gasteiger partial charge in [0.1, 0.15) is 31.3 Å². The van der Waals surface area contributed by atoms with E-state index in [0.717, 1.165) is 11.1 Å². The van der Waals surface area contributed by atoms with Crippen molar-refractivity contribution in [2.45, 2.75) is 80.3 Å². The zero-order chi connectivity index (χ0) is 37.0. The zero-order valence-electron chi connectivity index (χ0n) is 30.3. The highest BCUT2D eigenvalue weighted by Gasteiger charge is 2.26. The molecule has 13 nitrogen and oxygen atoms in total. The van der Waals surface area contributed by atoms with Gasteiger partial charge < -0.3 is 40.7 Å². The molecule has 0 saturated heterocycles. The van der Waals surface area contributed by atoms with E-state index < -0.39 is 30.1 Å². The van der Waals surface area contributed by atoms with Crippen LogP contribution >= 0.6 is 12.4 Å². The number of nitrogens with zero attached hydrogens (tertiary/aromatic N) is 2. The van der Waals surface area contributed by atoms with Crippen LogP contribution in [-0.4, -0.2) is 91.2 Å². The molecule has 5 N–H and O–H groups in total. The van der Waals surface area contributed by atoms with Gasteiger partial charge in [0, 0.05) is 28.2 Å². The summed E-state index contributed by atoms with van der Waals surface area (Å²) in [6.45, 7) is 11.5. The van der Waals surface area contributed by atoms with E-state index in [0.29, 0.717) is 6.61 Å². The molecule has 2 aromatic carbocycles. The lowest BCUT2D eigenvalue weighted by Crippen LogP contribution is -2.48. The Morgan fingerprint density at radius 3 is 1.28 bits per heavy atom. The average molecular weight is 726 g/mol. The summed E-state index contributed by atoms with van der Waals surface area (Å²) < 4.78 is 10.3. The van der Waals surface area contributed by atoms with Gasteiger partial charge in [-0.15, -0.1) is 12.4 Å². The summed E-state index contributed by atoms with van der Waals surface area (Å²) in [6.07, 6.45) is 0. The largest absolute Gasteiger partial charge is 0.480 e. The molecule has 0 spiro atoms. The minimum Gasteiger partial charge on any atom is -0.480 e. The number of hydrogen-bond donors (Lipinski definition) is 4. The molecular weight excluding hydrogens is 666 g/mol. The second kappa shape index (κ2) is 26.5. The number of carbonyl (C=O) groups excluding carboxylic acids is 4. The van der Waals surface area contributed by atoms with Crippen LogP contribution in [0.25, 0.3) is 0 Å². The van der Waals surface area contributed by atoms with Gasteiger partial charge in [-0.3, -0.25) is 4.79 Å². The standard InChI is InChI=1S/C15H22N2O3.C12H17NO2.C8H16N2O3.CH4.ClH/c1-11(2)13(16-15(19)17(3)4)14(18)20-10-12-8-6-5-7-9-12;1-9(2)11(13)12(14)15-8-10-6-4-3-5-7-10;1-5(2)6(7(11)12)9-8(13)10(3)4;;/h5-9,11,13H,10H2,1-4H3,(H,16,19);3-7,9,11H,8,13H2,1-2H3;5-6H,1-4H3,(H,9,13)(H,11,12);1H4;1H/t13-;11-;6-;;/m000../s1. The van der Waals surface area contributed by atoms with Gasteiger partial charge in [0.05, 0.1) is 0 Å². The van der Waals surface area contributed by atoms with Gasteiger partial charge in [-0.2, -0.15) is 0 Å². The first-order valence-electron chi connectivity index (χ1n) is 15.7.